The number of hydrogen-bond donors (Lipinski definition) is 0. The Morgan fingerprint density at radius 3 is 0.538 bits per heavy atom. The molecule has 0 spiro atoms. The van der Waals surface area contributed by atoms with Crippen LogP contribution in [0.5, 0.6) is 0 Å². The molecule has 0 saturated heterocycles. The van der Waals surface area contributed by atoms with Gasteiger partial charge in [-0.2, -0.15) is 0 Å². The minimum absolute atomic E-state index is 1.10. The topological polar surface area (TPSA) is 0 Å². The fourth-order valence-electron chi connectivity index (χ4n) is 6.93. The van der Waals surface area contributed by atoms with Gasteiger partial charge in [0.25, 0.3) is 0 Å². The molecule has 0 aromatic carbocycles. The van der Waals surface area contributed by atoms with Gasteiger partial charge in [0.15, 0.2) is 0 Å². The Kier molecular flexibility index (Phi) is 33.3. The summed E-state index contributed by atoms with van der Waals surface area (Å²) in [6.07, 6.45) is 51.4. The molecule has 0 aromatic heterocycles. The van der Waals surface area contributed by atoms with E-state index in [1.165, 1.54) is 167 Å². The third-order valence-electron chi connectivity index (χ3n) is 9.74. The van der Waals surface area contributed by atoms with Gasteiger partial charge < -0.3 is 0 Å². The van der Waals surface area contributed by atoms with Crippen molar-refractivity contribution in [3.8, 4) is 0 Å². The molecule has 0 N–H and O–H groups in total. The zero-order valence-electron chi connectivity index (χ0n) is 28.5. The van der Waals surface area contributed by atoms with Gasteiger partial charge in [0, 0.05) is 0 Å². The Morgan fingerprint density at radius 1 is 0.205 bits per heavy atom. The molecule has 0 nitrogen and oxygen atoms in total. The Balaban J connectivity index is 4.62. The van der Waals surface area contributed by atoms with Gasteiger partial charge in [-0.3, -0.25) is 0 Å². The first-order valence-corrected chi connectivity index (χ1v) is 22.1. The molecule has 0 rings (SSSR count). The molecular weight excluding hydrogens is 487 g/mol. The van der Waals surface area contributed by atoms with Crippen molar-refractivity contribution >= 4 is 7.26 Å². The summed E-state index contributed by atoms with van der Waals surface area (Å²) in [5.74, 6) is 0. The van der Waals surface area contributed by atoms with Crippen LogP contribution in [0.25, 0.3) is 0 Å². The van der Waals surface area contributed by atoms with Crippen LogP contribution in [-0.4, -0.2) is 24.6 Å². The van der Waals surface area contributed by atoms with E-state index in [2.05, 4.69) is 27.7 Å². The maximum absolute atomic E-state index is 2.35. The van der Waals surface area contributed by atoms with E-state index in [4.69, 9.17) is 0 Å². The predicted molar refractivity (Wildman–Crippen MR) is 189 cm³/mol. The van der Waals surface area contributed by atoms with Crippen LogP contribution in [0.3, 0.4) is 0 Å². The van der Waals surface area contributed by atoms with Crippen molar-refractivity contribution in [2.24, 2.45) is 0 Å². The number of unbranched alkanes of at least 4 members (excludes halogenated alkanes) is 26. The zero-order chi connectivity index (χ0) is 28.5. The molecule has 0 heterocycles. The van der Waals surface area contributed by atoms with Crippen molar-refractivity contribution in [3.05, 3.63) is 0 Å². The molecule has 0 radical (unpaired) electrons. The van der Waals surface area contributed by atoms with Crippen LogP contribution in [0.15, 0.2) is 0 Å². The van der Waals surface area contributed by atoms with Gasteiger partial charge in [0.1, 0.15) is 0 Å². The van der Waals surface area contributed by atoms with E-state index in [9.17, 15) is 0 Å². The molecule has 238 valence electrons. The third-order valence-corrected chi connectivity index (χ3v) is 15.4. The standard InChI is InChI=1S/C38H81P/c1-5-9-13-17-21-22-23-24-25-26-30-34-38-39(35-31-27-18-14-10-6-2,36-32-28-19-15-11-7-3)37-33-29-20-16-12-8-4/h39H,5-38H2,1-4H3. The first kappa shape index (κ1) is 39.4. The predicted octanol–water partition coefficient (Wildman–Crippen LogP) is 14.5. The first-order valence-electron chi connectivity index (χ1n) is 19.2. The average Bonchev–Trinajstić information content (AvgIpc) is 2.95. The molecule has 0 unspecified atom stereocenters. The Bertz CT molecular complexity index is 390. The van der Waals surface area contributed by atoms with E-state index in [-0.39, 0.29) is 0 Å². The van der Waals surface area contributed by atoms with Crippen LogP contribution < -0.4 is 0 Å². The molecule has 0 aliphatic carbocycles. The second-order valence-electron chi connectivity index (χ2n) is 13.7. The Hall–Kier alpha value is 0.430. The van der Waals surface area contributed by atoms with Crippen molar-refractivity contribution in [2.75, 3.05) is 24.6 Å². The normalized spacial score (nSPS) is 12.4. The van der Waals surface area contributed by atoms with Crippen LogP contribution in [0.4, 0.5) is 0 Å². The molecule has 0 bridgehead atoms. The van der Waals surface area contributed by atoms with E-state index < -0.39 is 7.26 Å². The van der Waals surface area contributed by atoms with Crippen molar-refractivity contribution in [3.63, 3.8) is 0 Å². The summed E-state index contributed by atoms with van der Waals surface area (Å²) in [6.45, 7) is 9.39. The van der Waals surface area contributed by atoms with E-state index in [1.807, 2.05) is 0 Å². The SMILES string of the molecule is CCCCCCCCCCCCCC[PH](CCCCCCCC)(CCCCCCCC)CCCCCCCC. The Morgan fingerprint density at radius 2 is 0.359 bits per heavy atom. The second-order valence-corrected chi connectivity index (χ2v) is 18.7. The van der Waals surface area contributed by atoms with Gasteiger partial charge in [0.2, 0.25) is 0 Å². The molecule has 0 aromatic rings. The van der Waals surface area contributed by atoms with E-state index in [1.54, 1.807) is 50.3 Å². The summed E-state index contributed by atoms with van der Waals surface area (Å²) in [5, 5.41) is 0. The van der Waals surface area contributed by atoms with E-state index in [0.717, 1.165) is 0 Å². The van der Waals surface area contributed by atoms with Gasteiger partial charge in [0.05, 0.1) is 0 Å². The summed E-state index contributed by atoms with van der Waals surface area (Å²) in [4.78, 5) is 0. The average molecular weight is 569 g/mol. The fraction of sp³-hybridized carbons (Fsp3) is 1.00. The fourth-order valence-corrected chi connectivity index (χ4v) is 12.4. The van der Waals surface area contributed by atoms with Gasteiger partial charge in [-0.15, -0.1) is 0 Å². The van der Waals surface area contributed by atoms with E-state index >= 15 is 0 Å². The van der Waals surface area contributed by atoms with Crippen LogP contribution >= 0.6 is 7.26 Å². The summed E-state index contributed by atoms with van der Waals surface area (Å²) in [6, 6.07) is 0. The summed E-state index contributed by atoms with van der Waals surface area (Å²) < 4.78 is 0. The second kappa shape index (κ2) is 32.9. The molecule has 0 fully saturated rings. The van der Waals surface area contributed by atoms with E-state index in [0.29, 0.717) is 0 Å². The van der Waals surface area contributed by atoms with Gasteiger partial charge >= 0.3 is 239 Å². The Labute approximate surface area is 251 Å². The molecule has 0 aliphatic rings. The van der Waals surface area contributed by atoms with Crippen molar-refractivity contribution < 1.29 is 0 Å². The number of rotatable bonds is 34. The molecule has 0 atom stereocenters. The molecule has 0 saturated carbocycles. The number of hydrogen-bond acceptors (Lipinski definition) is 0. The van der Waals surface area contributed by atoms with Crippen LogP contribution in [0.2, 0.25) is 0 Å². The van der Waals surface area contributed by atoms with Crippen molar-refractivity contribution in [2.45, 2.75) is 220 Å². The monoisotopic (exact) mass is 569 g/mol. The summed E-state index contributed by atoms with van der Waals surface area (Å²) in [7, 11) is -1.10. The first-order chi connectivity index (χ1) is 19.2. The van der Waals surface area contributed by atoms with Gasteiger partial charge in [-0.25, -0.2) is 0 Å². The minimum atomic E-state index is -1.10. The van der Waals surface area contributed by atoms with Crippen LogP contribution in [0, 0.1) is 0 Å². The third kappa shape index (κ3) is 28.3. The van der Waals surface area contributed by atoms with Gasteiger partial charge in [-0.05, 0) is 0 Å². The van der Waals surface area contributed by atoms with Crippen molar-refractivity contribution in [1.29, 1.82) is 0 Å². The van der Waals surface area contributed by atoms with Gasteiger partial charge in [-0.1, -0.05) is 13.3 Å². The zero-order valence-corrected chi connectivity index (χ0v) is 29.5. The molecular formula is C38H81P. The molecule has 1 heteroatoms. The molecule has 0 aliphatic heterocycles. The maximum atomic E-state index is 2.35. The molecule has 0 amide bonds. The summed E-state index contributed by atoms with van der Waals surface area (Å²) >= 11 is 0. The summed E-state index contributed by atoms with van der Waals surface area (Å²) in [5.41, 5.74) is 0. The van der Waals surface area contributed by atoms with Crippen molar-refractivity contribution in [1.82, 2.24) is 0 Å². The van der Waals surface area contributed by atoms with Crippen LogP contribution in [-0.2, 0) is 0 Å². The van der Waals surface area contributed by atoms with Crippen LogP contribution in [0.1, 0.15) is 220 Å². The quantitative estimate of drug-likeness (QED) is 0.0535. The molecule has 39 heavy (non-hydrogen) atoms.